The lowest BCUT2D eigenvalue weighted by Crippen LogP contribution is -2.51. The fraction of sp³-hybridized carbons (Fsp3) is 0.346. The van der Waals surface area contributed by atoms with Gasteiger partial charge in [-0.1, -0.05) is 6.07 Å². The summed E-state index contributed by atoms with van der Waals surface area (Å²) in [6.45, 7) is 6.83. The zero-order valence-corrected chi connectivity index (χ0v) is 23.0. The normalized spacial score (nSPS) is 13.7. The Morgan fingerprint density at radius 3 is 2.11 bits per heavy atom. The number of nitrogens with zero attached hydrogens (tertiary/aromatic N) is 6. The van der Waals surface area contributed by atoms with Crippen LogP contribution in [0.15, 0.2) is 47.6 Å². The molecule has 1 aliphatic heterocycles. The average Bonchev–Trinajstić information content (AvgIpc) is 2.92. The molecular formula is C26H32N8O3S. The van der Waals surface area contributed by atoms with Gasteiger partial charge in [0.1, 0.15) is 5.82 Å². The van der Waals surface area contributed by atoms with E-state index in [4.69, 9.17) is 31.4 Å². The Hall–Kier alpha value is -4.19. The molecule has 12 heteroatoms. The summed E-state index contributed by atoms with van der Waals surface area (Å²) in [5.41, 5.74) is 2.37. The van der Waals surface area contributed by atoms with Crippen molar-refractivity contribution in [3.63, 3.8) is 0 Å². The highest BCUT2D eigenvalue weighted by molar-refractivity contribution is 7.80. The number of rotatable bonds is 6. The monoisotopic (exact) mass is 536 g/mol. The molecule has 0 aliphatic carbocycles. The summed E-state index contributed by atoms with van der Waals surface area (Å²) in [6.07, 6.45) is 1.81. The van der Waals surface area contributed by atoms with E-state index in [9.17, 15) is 0 Å². The zero-order chi connectivity index (χ0) is 27.1. The van der Waals surface area contributed by atoms with Gasteiger partial charge in [-0.3, -0.25) is 5.32 Å². The number of hydrogen-bond acceptors (Lipinski definition) is 8. The molecule has 1 aliphatic rings. The lowest BCUT2D eigenvalue weighted by atomic mass is 10.2. The molecule has 0 atom stereocenters. The summed E-state index contributed by atoms with van der Waals surface area (Å²) < 4.78 is 16.3. The summed E-state index contributed by atoms with van der Waals surface area (Å²) in [6, 6.07) is 11.4. The third-order valence-electron chi connectivity index (χ3n) is 5.88. The van der Waals surface area contributed by atoms with E-state index < -0.39 is 0 Å². The number of thiocarbonyl (C=S) groups is 1. The molecule has 4 rings (SSSR count). The summed E-state index contributed by atoms with van der Waals surface area (Å²) in [5.74, 6) is 3.48. The van der Waals surface area contributed by atoms with Gasteiger partial charge in [-0.25, -0.2) is 15.0 Å². The molecule has 3 heterocycles. The second kappa shape index (κ2) is 12.4. The van der Waals surface area contributed by atoms with E-state index in [1.54, 1.807) is 39.7 Å². The van der Waals surface area contributed by atoms with E-state index in [0.717, 1.165) is 30.3 Å². The zero-order valence-electron chi connectivity index (χ0n) is 22.2. The molecule has 11 nitrogen and oxygen atoms in total. The molecular weight excluding hydrogens is 504 g/mol. The second-order valence-corrected chi connectivity index (χ2v) is 8.93. The third kappa shape index (κ3) is 6.57. The van der Waals surface area contributed by atoms with Crippen molar-refractivity contribution in [2.75, 3.05) is 63.0 Å². The van der Waals surface area contributed by atoms with Crippen molar-refractivity contribution in [1.82, 2.24) is 19.9 Å². The van der Waals surface area contributed by atoms with Crippen LogP contribution in [0.2, 0.25) is 0 Å². The number of aliphatic imine (C=N–C) groups is 1. The van der Waals surface area contributed by atoms with Gasteiger partial charge in [0.05, 0.1) is 21.3 Å². The molecule has 0 bridgehead atoms. The molecule has 2 aromatic heterocycles. The van der Waals surface area contributed by atoms with E-state index in [1.807, 2.05) is 38.1 Å². The van der Waals surface area contributed by atoms with Gasteiger partial charge >= 0.3 is 0 Å². The van der Waals surface area contributed by atoms with Crippen LogP contribution in [-0.4, -0.2) is 78.4 Å². The highest BCUT2D eigenvalue weighted by Crippen LogP contribution is 2.40. The summed E-state index contributed by atoms with van der Waals surface area (Å²) in [4.78, 5) is 22.6. The fourth-order valence-corrected chi connectivity index (χ4v) is 4.35. The van der Waals surface area contributed by atoms with Crippen LogP contribution in [0.4, 0.5) is 17.5 Å². The second-order valence-electron chi connectivity index (χ2n) is 8.54. The maximum atomic E-state index is 5.63. The quantitative estimate of drug-likeness (QED) is 0.274. The first kappa shape index (κ1) is 26.9. The topological polar surface area (TPSA) is 109 Å². The highest BCUT2D eigenvalue weighted by Gasteiger charge is 2.22. The Bertz CT molecular complexity index is 1250. The van der Waals surface area contributed by atoms with Crippen LogP contribution in [0.5, 0.6) is 17.2 Å². The third-order valence-corrected chi connectivity index (χ3v) is 6.08. The molecule has 1 fully saturated rings. The van der Waals surface area contributed by atoms with Gasteiger partial charge in [0.2, 0.25) is 22.8 Å². The lowest BCUT2D eigenvalue weighted by Gasteiger charge is -2.36. The van der Waals surface area contributed by atoms with Crippen molar-refractivity contribution >= 4 is 40.7 Å². The number of piperazine rings is 1. The molecule has 1 saturated heterocycles. The first-order chi connectivity index (χ1) is 18.4. The van der Waals surface area contributed by atoms with Gasteiger partial charge < -0.3 is 29.3 Å². The van der Waals surface area contributed by atoms with Gasteiger partial charge in [-0.05, 0) is 44.3 Å². The number of methoxy groups -OCH3 is 3. The summed E-state index contributed by atoms with van der Waals surface area (Å²) >= 11 is 5.63. The predicted octanol–water partition coefficient (Wildman–Crippen LogP) is 3.50. The van der Waals surface area contributed by atoms with Crippen LogP contribution >= 0.6 is 12.2 Å². The smallest absolute Gasteiger partial charge is 0.229 e. The van der Waals surface area contributed by atoms with Crippen LogP contribution in [0.25, 0.3) is 0 Å². The standard InChI is InChI=1S/C26H32N8O3S/c1-17-14-18(2)29-24(28-17)31-25(34-12-10-33(11-13-34)22-8-6-7-9-27-22)32-26(38)30-19-15-20(35-3)23(37-5)21(16-19)36-4/h6-9,14-16H,10-13H2,1-5H3,(H2,28,29,30,31,32,38). The van der Waals surface area contributed by atoms with Gasteiger partial charge in [0.25, 0.3) is 0 Å². The molecule has 0 spiro atoms. The number of nitrogens with one attached hydrogen (secondary N) is 2. The molecule has 0 saturated carbocycles. The van der Waals surface area contributed by atoms with Crippen LogP contribution < -0.4 is 29.7 Å². The summed E-state index contributed by atoms with van der Waals surface area (Å²) in [7, 11) is 4.69. The number of anilines is 3. The van der Waals surface area contributed by atoms with Gasteiger partial charge in [-0.2, -0.15) is 4.99 Å². The number of aromatic nitrogens is 3. The first-order valence-corrected chi connectivity index (χ1v) is 12.5. The van der Waals surface area contributed by atoms with Crippen molar-refractivity contribution in [3.05, 3.63) is 54.0 Å². The Labute approximate surface area is 227 Å². The first-order valence-electron chi connectivity index (χ1n) is 12.1. The minimum Gasteiger partial charge on any atom is -0.493 e. The van der Waals surface area contributed by atoms with Crippen molar-refractivity contribution in [2.24, 2.45) is 4.99 Å². The van der Waals surface area contributed by atoms with Crippen molar-refractivity contribution < 1.29 is 14.2 Å². The fourth-order valence-electron chi connectivity index (χ4n) is 4.15. The molecule has 200 valence electrons. The molecule has 2 N–H and O–H groups in total. The van der Waals surface area contributed by atoms with Gasteiger partial charge in [-0.15, -0.1) is 0 Å². The van der Waals surface area contributed by atoms with Crippen LogP contribution in [-0.2, 0) is 0 Å². The molecule has 0 unspecified atom stereocenters. The number of hydrogen-bond donors (Lipinski definition) is 2. The largest absolute Gasteiger partial charge is 0.493 e. The Kier molecular flexibility index (Phi) is 8.74. The lowest BCUT2D eigenvalue weighted by molar-refractivity contribution is 0.324. The van der Waals surface area contributed by atoms with Crippen molar-refractivity contribution in [3.8, 4) is 17.2 Å². The number of benzene rings is 1. The molecule has 3 aromatic rings. The Morgan fingerprint density at radius 2 is 1.55 bits per heavy atom. The van der Waals surface area contributed by atoms with Crippen molar-refractivity contribution in [2.45, 2.75) is 13.8 Å². The molecule has 0 radical (unpaired) electrons. The summed E-state index contributed by atoms with van der Waals surface area (Å²) in [5, 5.41) is 6.69. The van der Waals surface area contributed by atoms with E-state index in [0.29, 0.717) is 47.9 Å². The van der Waals surface area contributed by atoms with E-state index in [1.165, 1.54) is 0 Å². The molecule has 38 heavy (non-hydrogen) atoms. The van der Waals surface area contributed by atoms with Crippen LogP contribution in [0.3, 0.4) is 0 Å². The Balaban J connectivity index is 1.57. The van der Waals surface area contributed by atoms with Gasteiger partial charge in [0.15, 0.2) is 11.5 Å². The molecule has 0 amide bonds. The number of ether oxygens (including phenoxy) is 3. The van der Waals surface area contributed by atoms with Gasteiger partial charge in [0, 0.05) is 61.6 Å². The Morgan fingerprint density at radius 1 is 0.895 bits per heavy atom. The van der Waals surface area contributed by atoms with E-state index in [-0.39, 0.29) is 5.11 Å². The minimum absolute atomic E-state index is 0.248. The van der Waals surface area contributed by atoms with Crippen LogP contribution in [0.1, 0.15) is 11.4 Å². The predicted molar refractivity (Wildman–Crippen MR) is 153 cm³/mol. The van der Waals surface area contributed by atoms with E-state index in [2.05, 4.69) is 35.4 Å². The minimum atomic E-state index is 0.248. The number of pyridine rings is 1. The molecule has 1 aromatic carbocycles. The van der Waals surface area contributed by atoms with Crippen molar-refractivity contribution in [1.29, 1.82) is 0 Å². The SMILES string of the molecule is COc1cc(NC(=S)/N=C(\Nc2nc(C)cc(C)n2)N2CCN(c3ccccn3)CC2)cc(OC)c1OC. The van der Waals surface area contributed by atoms with E-state index >= 15 is 0 Å². The maximum Gasteiger partial charge on any atom is 0.229 e. The number of aryl methyl sites for hydroxylation is 2. The average molecular weight is 537 g/mol. The highest BCUT2D eigenvalue weighted by atomic mass is 32.1. The van der Waals surface area contributed by atoms with Crippen LogP contribution in [0, 0.1) is 13.8 Å². The maximum absolute atomic E-state index is 5.63. The number of guanidine groups is 1.